The Kier molecular flexibility index (Phi) is 6.65. The molecule has 3 aromatic rings. The van der Waals surface area contributed by atoms with Crippen LogP contribution in [0.4, 0.5) is 4.39 Å². The standard InChI is InChI=1S/C21H20ClFN2O2S/c1-13(15-6-7-19(27-2)18(23)10-15)24-20(26)11-17-12-28-21(25-17)9-14-4-3-5-16(22)8-14/h3-8,10,12-13H,9,11H2,1-2H3,(H,24,26)/t13-/m0/s1. The molecule has 146 valence electrons. The van der Waals surface area contributed by atoms with Crippen LogP contribution in [0.25, 0.3) is 0 Å². The molecule has 0 unspecified atom stereocenters. The van der Waals surface area contributed by atoms with Gasteiger partial charge in [-0.3, -0.25) is 4.79 Å². The Labute approximate surface area is 172 Å². The fourth-order valence-corrected chi connectivity index (χ4v) is 3.87. The van der Waals surface area contributed by atoms with Crippen molar-refractivity contribution >= 4 is 28.8 Å². The first kappa shape index (κ1) is 20.3. The molecule has 1 amide bonds. The molecule has 0 saturated heterocycles. The van der Waals surface area contributed by atoms with Crippen molar-refractivity contribution in [1.82, 2.24) is 10.3 Å². The van der Waals surface area contributed by atoms with Crippen LogP contribution >= 0.6 is 22.9 Å². The van der Waals surface area contributed by atoms with Crippen LogP contribution in [0.3, 0.4) is 0 Å². The van der Waals surface area contributed by atoms with Crippen molar-refractivity contribution in [2.75, 3.05) is 7.11 Å². The highest BCUT2D eigenvalue weighted by molar-refractivity contribution is 7.09. The zero-order chi connectivity index (χ0) is 20.1. The summed E-state index contributed by atoms with van der Waals surface area (Å²) in [5, 5.41) is 6.38. The van der Waals surface area contributed by atoms with Crippen LogP contribution < -0.4 is 10.1 Å². The molecule has 0 aliphatic heterocycles. The van der Waals surface area contributed by atoms with Gasteiger partial charge in [-0.1, -0.05) is 29.8 Å². The van der Waals surface area contributed by atoms with E-state index >= 15 is 0 Å². The fraction of sp³-hybridized carbons (Fsp3) is 0.238. The Morgan fingerprint density at radius 3 is 2.86 bits per heavy atom. The van der Waals surface area contributed by atoms with E-state index in [1.165, 1.54) is 24.5 Å². The predicted molar refractivity (Wildman–Crippen MR) is 110 cm³/mol. The summed E-state index contributed by atoms with van der Waals surface area (Å²) in [6.07, 6.45) is 0.851. The molecule has 0 spiro atoms. The number of ether oxygens (including phenoxy) is 1. The van der Waals surface area contributed by atoms with Gasteiger partial charge >= 0.3 is 0 Å². The number of amides is 1. The van der Waals surface area contributed by atoms with Gasteiger partial charge < -0.3 is 10.1 Å². The minimum absolute atomic E-state index is 0.164. The molecule has 0 bridgehead atoms. The third-order valence-corrected chi connectivity index (χ3v) is 5.37. The van der Waals surface area contributed by atoms with Crippen LogP contribution in [0.1, 0.15) is 34.8 Å². The van der Waals surface area contributed by atoms with Crippen molar-refractivity contribution < 1.29 is 13.9 Å². The summed E-state index contributed by atoms with van der Waals surface area (Å²) in [5.41, 5.74) is 2.47. The summed E-state index contributed by atoms with van der Waals surface area (Å²) in [5.74, 6) is -0.438. The number of thiazole rings is 1. The molecule has 0 aliphatic carbocycles. The normalized spacial score (nSPS) is 11.9. The third kappa shape index (κ3) is 5.30. The van der Waals surface area contributed by atoms with E-state index in [1.54, 1.807) is 12.1 Å². The molecule has 1 aromatic heterocycles. The van der Waals surface area contributed by atoms with Gasteiger partial charge in [-0.2, -0.15) is 0 Å². The highest BCUT2D eigenvalue weighted by Crippen LogP contribution is 2.22. The van der Waals surface area contributed by atoms with Gasteiger partial charge in [0.2, 0.25) is 5.91 Å². The summed E-state index contributed by atoms with van der Waals surface area (Å²) >= 11 is 7.53. The maximum Gasteiger partial charge on any atom is 0.226 e. The topological polar surface area (TPSA) is 51.2 Å². The number of benzene rings is 2. The summed E-state index contributed by atoms with van der Waals surface area (Å²) in [4.78, 5) is 16.9. The van der Waals surface area contributed by atoms with Crippen molar-refractivity contribution in [3.8, 4) is 5.75 Å². The number of rotatable bonds is 7. The molecule has 0 fully saturated rings. The van der Waals surface area contributed by atoms with Gasteiger partial charge in [-0.15, -0.1) is 11.3 Å². The largest absolute Gasteiger partial charge is 0.494 e. The first-order chi connectivity index (χ1) is 13.4. The average Bonchev–Trinajstić information content (AvgIpc) is 3.08. The van der Waals surface area contributed by atoms with E-state index in [0.29, 0.717) is 22.7 Å². The fourth-order valence-electron chi connectivity index (χ4n) is 2.83. The van der Waals surface area contributed by atoms with Gasteiger partial charge in [0.15, 0.2) is 11.6 Å². The number of carbonyl (C=O) groups is 1. The number of methoxy groups -OCH3 is 1. The second-order valence-electron chi connectivity index (χ2n) is 6.40. The SMILES string of the molecule is COc1ccc([C@H](C)NC(=O)Cc2csc(Cc3cccc(Cl)c3)n2)cc1F. The zero-order valence-corrected chi connectivity index (χ0v) is 17.1. The van der Waals surface area contributed by atoms with Gasteiger partial charge in [0.25, 0.3) is 0 Å². The minimum atomic E-state index is -0.453. The van der Waals surface area contributed by atoms with E-state index in [4.69, 9.17) is 16.3 Å². The van der Waals surface area contributed by atoms with E-state index in [-0.39, 0.29) is 24.1 Å². The summed E-state index contributed by atoms with van der Waals surface area (Å²) in [6, 6.07) is 12.0. The molecule has 1 N–H and O–H groups in total. The van der Waals surface area contributed by atoms with Crippen LogP contribution in [0.5, 0.6) is 5.75 Å². The molecule has 28 heavy (non-hydrogen) atoms. The number of carbonyl (C=O) groups excluding carboxylic acids is 1. The second-order valence-corrected chi connectivity index (χ2v) is 7.78. The molecule has 1 atom stereocenters. The van der Waals surface area contributed by atoms with E-state index in [2.05, 4.69) is 10.3 Å². The molecular formula is C21H20ClFN2O2S. The molecule has 0 radical (unpaired) electrons. The number of hydrogen-bond acceptors (Lipinski definition) is 4. The van der Waals surface area contributed by atoms with Gasteiger partial charge in [-0.25, -0.2) is 9.37 Å². The molecular weight excluding hydrogens is 399 g/mol. The lowest BCUT2D eigenvalue weighted by Gasteiger charge is -2.15. The lowest BCUT2D eigenvalue weighted by atomic mass is 10.1. The van der Waals surface area contributed by atoms with Crippen molar-refractivity contribution in [3.05, 3.63) is 80.5 Å². The lowest BCUT2D eigenvalue weighted by molar-refractivity contribution is -0.121. The average molecular weight is 419 g/mol. The first-order valence-corrected chi connectivity index (χ1v) is 10.0. The Morgan fingerprint density at radius 1 is 1.32 bits per heavy atom. The highest BCUT2D eigenvalue weighted by Gasteiger charge is 2.14. The van der Waals surface area contributed by atoms with Crippen LogP contribution in [0, 0.1) is 5.82 Å². The zero-order valence-electron chi connectivity index (χ0n) is 15.5. The summed E-state index contributed by atoms with van der Waals surface area (Å²) in [7, 11) is 1.41. The lowest BCUT2D eigenvalue weighted by Crippen LogP contribution is -2.28. The van der Waals surface area contributed by atoms with Crippen LogP contribution in [0.15, 0.2) is 47.8 Å². The van der Waals surface area contributed by atoms with Crippen molar-refractivity contribution in [2.45, 2.75) is 25.8 Å². The quantitative estimate of drug-likeness (QED) is 0.590. The van der Waals surface area contributed by atoms with Gasteiger partial charge in [0.05, 0.1) is 30.3 Å². The van der Waals surface area contributed by atoms with Crippen molar-refractivity contribution in [3.63, 3.8) is 0 Å². The van der Waals surface area contributed by atoms with Gasteiger partial charge in [0, 0.05) is 16.8 Å². The number of halogens is 2. The number of hydrogen-bond donors (Lipinski definition) is 1. The van der Waals surface area contributed by atoms with Crippen LogP contribution in [0.2, 0.25) is 5.02 Å². The Hall–Kier alpha value is -2.44. The van der Waals surface area contributed by atoms with E-state index in [0.717, 1.165) is 10.6 Å². The number of aromatic nitrogens is 1. The summed E-state index contributed by atoms with van der Waals surface area (Å²) < 4.78 is 18.8. The molecule has 0 saturated carbocycles. The highest BCUT2D eigenvalue weighted by atomic mass is 35.5. The molecule has 0 aliphatic rings. The van der Waals surface area contributed by atoms with Crippen molar-refractivity contribution in [2.24, 2.45) is 0 Å². The monoisotopic (exact) mass is 418 g/mol. The van der Waals surface area contributed by atoms with E-state index in [9.17, 15) is 9.18 Å². The maximum atomic E-state index is 13.8. The Bertz CT molecular complexity index is 977. The summed E-state index contributed by atoms with van der Waals surface area (Å²) in [6.45, 7) is 1.81. The molecule has 7 heteroatoms. The first-order valence-electron chi connectivity index (χ1n) is 8.75. The molecule has 1 heterocycles. The van der Waals surface area contributed by atoms with E-state index in [1.807, 2.05) is 36.6 Å². The molecule has 3 rings (SSSR count). The maximum absolute atomic E-state index is 13.8. The van der Waals surface area contributed by atoms with Crippen LogP contribution in [-0.2, 0) is 17.6 Å². The van der Waals surface area contributed by atoms with Gasteiger partial charge in [0.1, 0.15) is 0 Å². The number of nitrogens with one attached hydrogen (secondary N) is 1. The Balaban J connectivity index is 1.57. The minimum Gasteiger partial charge on any atom is -0.494 e. The second kappa shape index (κ2) is 9.17. The molecule has 4 nitrogen and oxygen atoms in total. The van der Waals surface area contributed by atoms with E-state index < -0.39 is 5.82 Å². The van der Waals surface area contributed by atoms with Gasteiger partial charge in [-0.05, 0) is 42.3 Å². The predicted octanol–water partition coefficient (Wildman–Crippen LogP) is 4.95. The van der Waals surface area contributed by atoms with Crippen molar-refractivity contribution in [1.29, 1.82) is 0 Å². The van der Waals surface area contributed by atoms with Crippen LogP contribution in [-0.4, -0.2) is 18.0 Å². The Morgan fingerprint density at radius 2 is 2.14 bits per heavy atom. The smallest absolute Gasteiger partial charge is 0.226 e. The third-order valence-electron chi connectivity index (χ3n) is 4.24. The number of nitrogens with zero attached hydrogens (tertiary/aromatic N) is 1. The molecule has 2 aromatic carbocycles.